The zero-order valence-corrected chi connectivity index (χ0v) is 17.3. The molecule has 0 atom stereocenters. The second-order valence-corrected chi connectivity index (χ2v) is 7.29. The molecule has 0 unspecified atom stereocenters. The number of hydrogen-bond acceptors (Lipinski definition) is 4. The van der Waals surface area contributed by atoms with Gasteiger partial charge in [0.05, 0.1) is 6.20 Å². The molecule has 2 aromatic rings. The van der Waals surface area contributed by atoms with Crippen molar-refractivity contribution in [2.45, 2.75) is 33.2 Å². The quantitative estimate of drug-likeness (QED) is 0.697. The lowest BCUT2D eigenvalue weighted by atomic mass is 10.1. The average Bonchev–Trinajstić information content (AvgIpc) is 2.65. The van der Waals surface area contributed by atoms with Crippen LogP contribution in [0.1, 0.15) is 29.5 Å². The lowest BCUT2D eigenvalue weighted by Crippen LogP contribution is -2.37. The Morgan fingerprint density at radius 1 is 1.15 bits per heavy atom. The van der Waals surface area contributed by atoms with Crippen LogP contribution in [0.5, 0.6) is 0 Å². The summed E-state index contributed by atoms with van der Waals surface area (Å²) in [6.45, 7) is 6.04. The van der Waals surface area contributed by atoms with Crippen LogP contribution in [0.15, 0.2) is 30.5 Å². The van der Waals surface area contributed by atoms with E-state index in [0.29, 0.717) is 13.1 Å². The third kappa shape index (κ3) is 6.71. The number of amides is 2. The van der Waals surface area contributed by atoms with Crippen molar-refractivity contribution in [2.75, 3.05) is 32.1 Å². The number of nitrogens with one attached hydrogen (secondary N) is 1. The molecule has 7 heteroatoms. The van der Waals surface area contributed by atoms with E-state index in [-0.39, 0.29) is 6.03 Å². The summed E-state index contributed by atoms with van der Waals surface area (Å²) in [6.07, 6.45) is 3.64. The van der Waals surface area contributed by atoms with Gasteiger partial charge in [-0.15, -0.1) is 5.10 Å². The Kier molecular flexibility index (Phi) is 7.85. The van der Waals surface area contributed by atoms with Gasteiger partial charge in [-0.1, -0.05) is 23.7 Å². The summed E-state index contributed by atoms with van der Waals surface area (Å²) in [5.74, 6) is 0.874. The van der Waals surface area contributed by atoms with Crippen LogP contribution in [0.25, 0.3) is 0 Å². The van der Waals surface area contributed by atoms with Gasteiger partial charge in [0.15, 0.2) is 5.82 Å². The number of aryl methyl sites for hydroxylation is 2. The highest BCUT2D eigenvalue weighted by Crippen LogP contribution is 2.16. The summed E-state index contributed by atoms with van der Waals surface area (Å²) in [6, 6.07) is 7.73. The monoisotopic (exact) mass is 389 g/mol. The van der Waals surface area contributed by atoms with Crippen molar-refractivity contribution >= 4 is 23.4 Å². The molecule has 0 saturated carbocycles. The Hall–Kier alpha value is -2.34. The first-order valence-corrected chi connectivity index (χ1v) is 9.49. The van der Waals surface area contributed by atoms with E-state index < -0.39 is 0 Å². The molecule has 0 radical (unpaired) electrons. The molecule has 1 aromatic heterocycles. The maximum absolute atomic E-state index is 12.2. The number of halogens is 1. The third-order valence-corrected chi connectivity index (χ3v) is 4.84. The van der Waals surface area contributed by atoms with E-state index in [9.17, 15) is 4.79 Å². The number of benzene rings is 1. The minimum Gasteiger partial charge on any atom is -0.358 e. The van der Waals surface area contributed by atoms with E-state index in [1.807, 2.05) is 52.2 Å². The minimum absolute atomic E-state index is 0.0690. The first kappa shape index (κ1) is 21.0. The number of rotatable bonds is 8. The third-order valence-electron chi connectivity index (χ3n) is 4.42. The SMILES string of the molecule is Cc1cnnc(N(C)CCCCN(C)C(=O)NCc2ccc(Cl)c(C)c2)c1. The fourth-order valence-corrected chi connectivity index (χ4v) is 2.80. The Balaban J connectivity index is 1.68. The number of carbonyl (C=O) groups excluding carboxylic acids is 1. The van der Waals surface area contributed by atoms with Crippen molar-refractivity contribution in [3.8, 4) is 0 Å². The predicted molar refractivity (Wildman–Crippen MR) is 110 cm³/mol. The van der Waals surface area contributed by atoms with E-state index in [1.54, 1.807) is 11.1 Å². The number of unbranched alkanes of at least 4 members (excludes halogenated alkanes) is 1. The van der Waals surface area contributed by atoms with Crippen molar-refractivity contribution in [3.05, 3.63) is 52.2 Å². The Morgan fingerprint density at radius 3 is 2.59 bits per heavy atom. The number of urea groups is 1. The molecule has 2 amide bonds. The second kappa shape index (κ2) is 10.1. The molecular formula is C20H28ClN5O. The molecule has 146 valence electrons. The zero-order valence-electron chi connectivity index (χ0n) is 16.5. The fourth-order valence-electron chi connectivity index (χ4n) is 2.68. The van der Waals surface area contributed by atoms with E-state index in [2.05, 4.69) is 20.4 Å². The summed E-state index contributed by atoms with van der Waals surface area (Å²) >= 11 is 6.03. The number of hydrogen-bond donors (Lipinski definition) is 1. The summed E-state index contributed by atoms with van der Waals surface area (Å²) < 4.78 is 0. The van der Waals surface area contributed by atoms with Gasteiger partial charge in [-0.05, 0) is 55.5 Å². The lowest BCUT2D eigenvalue weighted by molar-refractivity contribution is 0.207. The van der Waals surface area contributed by atoms with Gasteiger partial charge in [-0.25, -0.2) is 4.79 Å². The minimum atomic E-state index is -0.0690. The molecule has 27 heavy (non-hydrogen) atoms. The van der Waals surface area contributed by atoms with E-state index in [4.69, 9.17) is 11.6 Å². The number of carbonyl (C=O) groups is 1. The number of nitrogens with zero attached hydrogens (tertiary/aromatic N) is 4. The largest absolute Gasteiger partial charge is 0.358 e. The van der Waals surface area contributed by atoms with Crippen molar-refractivity contribution in [1.29, 1.82) is 0 Å². The number of aromatic nitrogens is 2. The van der Waals surface area contributed by atoms with Gasteiger partial charge in [0.2, 0.25) is 0 Å². The molecule has 2 rings (SSSR count). The smallest absolute Gasteiger partial charge is 0.317 e. The van der Waals surface area contributed by atoms with E-state index in [0.717, 1.165) is 46.9 Å². The number of anilines is 1. The summed E-state index contributed by atoms with van der Waals surface area (Å²) in [5.41, 5.74) is 3.15. The van der Waals surface area contributed by atoms with Gasteiger partial charge in [-0.3, -0.25) is 0 Å². The van der Waals surface area contributed by atoms with Crippen molar-refractivity contribution in [1.82, 2.24) is 20.4 Å². The van der Waals surface area contributed by atoms with Crippen molar-refractivity contribution in [3.63, 3.8) is 0 Å². The maximum Gasteiger partial charge on any atom is 0.317 e. The molecule has 0 aliphatic carbocycles. The second-order valence-electron chi connectivity index (χ2n) is 6.88. The standard InChI is InChI=1S/C20H28ClN5O/c1-15-11-19(24-23-13-15)25(3)9-5-6-10-26(4)20(27)22-14-17-7-8-18(21)16(2)12-17/h7-8,11-13H,5-6,9-10,14H2,1-4H3,(H,22,27). The predicted octanol–water partition coefficient (Wildman–Crippen LogP) is 3.80. The van der Waals surface area contributed by atoms with Crippen LogP contribution in [0, 0.1) is 13.8 Å². The molecular weight excluding hydrogens is 362 g/mol. The van der Waals surface area contributed by atoms with Gasteiger partial charge in [0.25, 0.3) is 0 Å². The Morgan fingerprint density at radius 2 is 1.89 bits per heavy atom. The lowest BCUT2D eigenvalue weighted by Gasteiger charge is -2.20. The van der Waals surface area contributed by atoms with Crippen molar-refractivity contribution in [2.24, 2.45) is 0 Å². The van der Waals surface area contributed by atoms with E-state index >= 15 is 0 Å². The summed E-state index contributed by atoms with van der Waals surface area (Å²) in [7, 11) is 3.83. The van der Waals surface area contributed by atoms with Gasteiger partial charge in [-0.2, -0.15) is 5.10 Å². The molecule has 1 N–H and O–H groups in total. The molecule has 0 fully saturated rings. The van der Waals surface area contributed by atoms with Gasteiger partial charge >= 0.3 is 6.03 Å². The van der Waals surface area contributed by atoms with Crippen LogP contribution in [0.3, 0.4) is 0 Å². The van der Waals surface area contributed by atoms with Crippen LogP contribution in [-0.4, -0.2) is 48.3 Å². The van der Waals surface area contributed by atoms with Crippen LogP contribution in [-0.2, 0) is 6.54 Å². The molecule has 0 saturated heterocycles. The first-order chi connectivity index (χ1) is 12.9. The molecule has 6 nitrogen and oxygen atoms in total. The zero-order chi connectivity index (χ0) is 19.8. The van der Waals surface area contributed by atoms with Gasteiger partial charge < -0.3 is 15.1 Å². The van der Waals surface area contributed by atoms with Gasteiger partial charge in [0.1, 0.15) is 0 Å². The highest BCUT2D eigenvalue weighted by atomic mass is 35.5. The molecule has 0 bridgehead atoms. The molecule has 0 aliphatic heterocycles. The van der Waals surface area contributed by atoms with Crippen molar-refractivity contribution < 1.29 is 4.79 Å². The average molecular weight is 390 g/mol. The molecule has 0 spiro atoms. The summed E-state index contributed by atoms with van der Waals surface area (Å²) in [4.78, 5) is 16.0. The van der Waals surface area contributed by atoms with Gasteiger partial charge in [0, 0.05) is 38.8 Å². The molecule has 1 aromatic carbocycles. The first-order valence-electron chi connectivity index (χ1n) is 9.11. The van der Waals surface area contributed by atoms with Crippen LogP contribution in [0.2, 0.25) is 5.02 Å². The van der Waals surface area contributed by atoms with Crippen LogP contribution < -0.4 is 10.2 Å². The highest BCUT2D eigenvalue weighted by molar-refractivity contribution is 6.31. The topological polar surface area (TPSA) is 61.4 Å². The normalized spacial score (nSPS) is 10.6. The summed E-state index contributed by atoms with van der Waals surface area (Å²) in [5, 5.41) is 11.8. The Labute approximate surface area is 166 Å². The fraction of sp³-hybridized carbons (Fsp3) is 0.450. The molecule has 0 aliphatic rings. The van der Waals surface area contributed by atoms with E-state index in [1.165, 1.54) is 0 Å². The van der Waals surface area contributed by atoms with Crippen LogP contribution >= 0.6 is 11.6 Å². The maximum atomic E-state index is 12.2. The molecule has 1 heterocycles. The Bertz CT molecular complexity index is 768. The van der Waals surface area contributed by atoms with Crippen LogP contribution in [0.4, 0.5) is 10.6 Å². The highest BCUT2D eigenvalue weighted by Gasteiger charge is 2.09.